The smallest absolute Gasteiger partial charge is 0.416 e. The van der Waals surface area contributed by atoms with Gasteiger partial charge in [0.1, 0.15) is 17.3 Å². The molecule has 0 unspecified atom stereocenters. The third kappa shape index (κ3) is 7.71. The van der Waals surface area contributed by atoms with Gasteiger partial charge in [0.15, 0.2) is 0 Å². The number of halogens is 3. The summed E-state index contributed by atoms with van der Waals surface area (Å²) in [5, 5.41) is 18.8. The fourth-order valence-electron chi connectivity index (χ4n) is 5.79. The zero-order valence-electron chi connectivity index (χ0n) is 25.1. The van der Waals surface area contributed by atoms with E-state index in [0.29, 0.717) is 28.9 Å². The van der Waals surface area contributed by atoms with E-state index in [1.807, 2.05) is 16.8 Å². The Kier molecular flexibility index (Phi) is 10.0. The van der Waals surface area contributed by atoms with Gasteiger partial charge in [0.25, 0.3) is 5.91 Å². The Bertz CT molecular complexity index is 1740. The molecule has 3 heterocycles. The number of alkyl halides is 3. The summed E-state index contributed by atoms with van der Waals surface area (Å²) < 4.78 is 41.3. The number of carboxylic acids is 1. The number of fused-ring (bicyclic) bond motifs is 1. The SMILES string of the molecule is Nc1ncc(/C=C/CCCCCC(=O)[O-])c2c1c(-c1ccc(C(=O)Nc3cc(C(F)(F)F)ccn3)cc1)nn2[C@@H]1CCC[C@@H](N)C1. The van der Waals surface area contributed by atoms with Crippen LogP contribution in [-0.2, 0) is 11.0 Å². The molecule has 0 bridgehead atoms. The number of aliphatic carboxylic acids is 1. The molecule has 0 aliphatic heterocycles. The Hall–Kier alpha value is -4.78. The molecule has 1 amide bonds. The summed E-state index contributed by atoms with van der Waals surface area (Å²) in [4.78, 5) is 31.8. The van der Waals surface area contributed by atoms with E-state index in [1.54, 1.807) is 30.5 Å². The zero-order chi connectivity index (χ0) is 32.8. The van der Waals surface area contributed by atoms with Crippen LogP contribution in [0.1, 0.15) is 85.3 Å². The van der Waals surface area contributed by atoms with Gasteiger partial charge in [0.2, 0.25) is 0 Å². The number of hydrogen-bond donors (Lipinski definition) is 3. The maximum Gasteiger partial charge on any atom is 0.416 e. The van der Waals surface area contributed by atoms with Crippen molar-refractivity contribution < 1.29 is 27.9 Å². The van der Waals surface area contributed by atoms with E-state index >= 15 is 0 Å². The molecule has 10 nitrogen and oxygen atoms in total. The summed E-state index contributed by atoms with van der Waals surface area (Å²) in [5.41, 5.74) is 15.0. The topological polar surface area (TPSA) is 165 Å². The molecule has 2 atom stereocenters. The van der Waals surface area contributed by atoms with Crippen molar-refractivity contribution in [3.8, 4) is 11.3 Å². The number of nitrogen functional groups attached to an aromatic ring is 1. The second kappa shape index (κ2) is 14.1. The minimum absolute atomic E-state index is 0.0450. The lowest BCUT2D eigenvalue weighted by atomic mass is 9.91. The van der Waals surface area contributed by atoms with Crippen LogP contribution in [0.3, 0.4) is 0 Å². The molecule has 1 aliphatic rings. The molecule has 1 aromatic carbocycles. The number of carbonyl (C=O) groups is 2. The Balaban J connectivity index is 1.44. The van der Waals surface area contributed by atoms with Crippen molar-refractivity contribution in [2.75, 3.05) is 11.1 Å². The lowest BCUT2D eigenvalue weighted by Gasteiger charge is -2.27. The van der Waals surface area contributed by atoms with Gasteiger partial charge in [-0.1, -0.05) is 30.7 Å². The van der Waals surface area contributed by atoms with Crippen LogP contribution in [0, 0.1) is 0 Å². The molecule has 242 valence electrons. The molecule has 5 N–H and O–H groups in total. The fourth-order valence-corrected chi connectivity index (χ4v) is 5.79. The maximum atomic E-state index is 13.1. The Labute approximate surface area is 263 Å². The van der Waals surface area contributed by atoms with Gasteiger partial charge in [-0.2, -0.15) is 18.3 Å². The van der Waals surface area contributed by atoms with Gasteiger partial charge in [-0.25, -0.2) is 9.97 Å². The number of hydrogen-bond acceptors (Lipinski definition) is 8. The number of rotatable bonds is 11. The van der Waals surface area contributed by atoms with Crippen molar-refractivity contribution in [3.05, 3.63) is 71.6 Å². The second-order valence-corrected chi connectivity index (χ2v) is 11.5. The summed E-state index contributed by atoms with van der Waals surface area (Å²) >= 11 is 0. The number of nitrogens with two attached hydrogens (primary N) is 2. The van der Waals surface area contributed by atoms with Crippen molar-refractivity contribution in [2.24, 2.45) is 5.73 Å². The molecule has 0 saturated heterocycles. The Morgan fingerprint density at radius 2 is 1.87 bits per heavy atom. The third-order valence-electron chi connectivity index (χ3n) is 8.11. The lowest BCUT2D eigenvalue weighted by molar-refractivity contribution is -0.305. The fraction of sp³-hybridized carbons (Fsp3) is 0.364. The van der Waals surface area contributed by atoms with E-state index in [2.05, 4.69) is 15.3 Å². The number of carboxylic acid groups (broad SMARTS) is 1. The van der Waals surface area contributed by atoms with Crippen LogP contribution in [0.2, 0.25) is 0 Å². The average Bonchev–Trinajstić information content (AvgIpc) is 3.43. The quantitative estimate of drug-likeness (QED) is 0.182. The minimum Gasteiger partial charge on any atom is -0.550 e. The average molecular weight is 635 g/mol. The standard InChI is InChI=1S/C33H36F3N7O3/c34-33(35,36)23-15-16-39-26(17-23)41-32(46)21-13-11-20(12-14-21)29-28-30(43(42-29)25-9-6-8-24(37)18-25)22(19-40-31(28)38)7-4-2-1-3-5-10-27(44)45/h4,7,11-17,19,24-25H,1-3,5-6,8-10,18,37H2,(H2,38,40)(H,44,45)(H,39,41,46)/p-1/b7-4+/t24-,25-/m1/s1. The highest BCUT2D eigenvalue weighted by Crippen LogP contribution is 2.38. The van der Waals surface area contributed by atoms with Gasteiger partial charge in [-0.05, 0) is 75.6 Å². The van der Waals surface area contributed by atoms with Crippen LogP contribution in [0.4, 0.5) is 24.8 Å². The predicted molar refractivity (Wildman–Crippen MR) is 167 cm³/mol. The first-order valence-electron chi connectivity index (χ1n) is 15.2. The van der Waals surface area contributed by atoms with Crippen LogP contribution in [0.15, 0.2) is 54.9 Å². The zero-order valence-corrected chi connectivity index (χ0v) is 25.1. The molecular formula is C33H35F3N7O3-. The highest BCUT2D eigenvalue weighted by molar-refractivity contribution is 6.06. The van der Waals surface area contributed by atoms with Gasteiger partial charge in [-0.3, -0.25) is 9.48 Å². The Morgan fingerprint density at radius 3 is 2.59 bits per heavy atom. The van der Waals surface area contributed by atoms with E-state index < -0.39 is 23.6 Å². The van der Waals surface area contributed by atoms with Crippen molar-refractivity contribution in [1.29, 1.82) is 0 Å². The minimum atomic E-state index is -4.56. The van der Waals surface area contributed by atoms with Crippen LogP contribution in [-0.4, -0.2) is 37.7 Å². The molecule has 1 saturated carbocycles. The first-order chi connectivity index (χ1) is 22.0. The van der Waals surface area contributed by atoms with E-state index in [9.17, 15) is 27.9 Å². The van der Waals surface area contributed by atoms with Crippen molar-refractivity contribution in [1.82, 2.24) is 19.7 Å². The van der Waals surface area contributed by atoms with E-state index in [4.69, 9.17) is 16.6 Å². The first kappa shape index (κ1) is 32.6. The lowest BCUT2D eigenvalue weighted by Crippen LogP contribution is -2.29. The second-order valence-electron chi connectivity index (χ2n) is 11.5. The number of carbonyl (C=O) groups excluding carboxylic acids is 2. The molecule has 5 rings (SSSR count). The number of anilines is 2. The molecule has 0 radical (unpaired) electrons. The highest BCUT2D eigenvalue weighted by Gasteiger charge is 2.31. The maximum absolute atomic E-state index is 13.1. The number of unbranched alkanes of at least 4 members (excludes halogenated alkanes) is 3. The van der Waals surface area contributed by atoms with Crippen LogP contribution >= 0.6 is 0 Å². The van der Waals surface area contributed by atoms with Crippen molar-refractivity contribution >= 4 is 40.5 Å². The molecule has 1 fully saturated rings. The monoisotopic (exact) mass is 634 g/mol. The summed E-state index contributed by atoms with van der Waals surface area (Å²) in [6.07, 6.45) is 8.70. The number of aromatic nitrogens is 4. The molecule has 3 aromatic heterocycles. The molecule has 0 spiro atoms. The summed E-state index contributed by atoms with van der Waals surface area (Å²) in [6, 6.07) is 8.25. The van der Waals surface area contributed by atoms with Gasteiger partial charge >= 0.3 is 6.18 Å². The Morgan fingerprint density at radius 1 is 1.09 bits per heavy atom. The molecule has 1 aliphatic carbocycles. The van der Waals surface area contributed by atoms with Crippen LogP contribution in [0.25, 0.3) is 28.2 Å². The molecule has 13 heteroatoms. The number of benzene rings is 1. The van der Waals surface area contributed by atoms with Gasteiger partial charge in [0.05, 0.1) is 22.5 Å². The van der Waals surface area contributed by atoms with Crippen molar-refractivity contribution in [2.45, 2.75) is 76.0 Å². The molecular weight excluding hydrogens is 599 g/mol. The third-order valence-corrected chi connectivity index (χ3v) is 8.11. The highest BCUT2D eigenvalue weighted by atomic mass is 19.4. The van der Waals surface area contributed by atoms with Gasteiger partial charge in [0, 0.05) is 41.1 Å². The molecule has 46 heavy (non-hydrogen) atoms. The molecule has 4 aromatic rings. The number of allylic oxidation sites excluding steroid dienone is 1. The number of pyridine rings is 2. The number of nitrogens with zero attached hydrogens (tertiary/aromatic N) is 4. The van der Waals surface area contributed by atoms with Crippen LogP contribution < -0.4 is 21.9 Å². The number of amides is 1. The summed E-state index contributed by atoms with van der Waals surface area (Å²) in [6.45, 7) is 0. The summed E-state index contributed by atoms with van der Waals surface area (Å²) in [7, 11) is 0. The summed E-state index contributed by atoms with van der Waals surface area (Å²) in [5.74, 6) is -1.56. The van der Waals surface area contributed by atoms with E-state index in [-0.39, 0.29) is 29.9 Å². The van der Waals surface area contributed by atoms with Gasteiger partial charge in [-0.15, -0.1) is 0 Å². The normalized spacial score (nSPS) is 17.0. The first-order valence-corrected chi connectivity index (χ1v) is 15.2. The van der Waals surface area contributed by atoms with E-state index in [0.717, 1.165) is 74.4 Å². The van der Waals surface area contributed by atoms with E-state index in [1.165, 1.54) is 0 Å². The van der Waals surface area contributed by atoms with Gasteiger partial charge < -0.3 is 26.7 Å². The van der Waals surface area contributed by atoms with Crippen LogP contribution in [0.5, 0.6) is 0 Å². The van der Waals surface area contributed by atoms with Crippen molar-refractivity contribution in [3.63, 3.8) is 0 Å². The predicted octanol–water partition coefficient (Wildman–Crippen LogP) is 5.50. The largest absolute Gasteiger partial charge is 0.550 e. The number of nitrogens with one attached hydrogen (secondary N) is 1.